The van der Waals surface area contributed by atoms with E-state index < -0.39 is 22.1 Å². The van der Waals surface area contributed by atoms with E-state index in [2.05, 4.69) is 24.8 Å². The van der Waals surface area contributed by atoms with Gasteiger partial charge in [-0.25, -0.2) is 13.4 Å². The highest BCUT2D eigenvalue weighted by atomic mass is 32.2. The van der Waals surface area contributed by atoms with Crippen molar-refractivity contribution in [3.8, 4) is 5.75 Å². The van der Waals surface area contributed by atoms with Crippen LogP contribution in [0.5, 0.6) is 5.75 Å². The third-order valence-electron chi connectivity index (χ3n) is 7.69. The number of halogens is 3. The van der Waals surface area contributed by atoms with Crippen LogP contribution in [-0.2, 0) is 10.0 Å². The lowest BCUT2D eigenvalue weighted by molar-refractivity contribution is -0.274. The zero-order valence-corrected chi connectivity index (χ0v) is 22.6. The molecular formula is C26H35F3N6O3S. The third kappa shape index (κ3) is 7.12. The Morgan fingerprint density at radius 2 is 1.64 bits per heavy atom. The average molecular weight is 569 g/mol. The summed E-state index contributed by atoms with van der Waals surface area (Å²) in [7, 11) is -3.84. The number of alkyl halides is 3. The highest BCUT2D eigenvalue weighted by molar-refractivity contribution is 7.89. The quantitative estimate of drug-likeness (QED) is 0.534. The Kier molecular flexibility index (Phi) is 8.48. The molecule has 0 radical (unpaired) electrons. The van der Waals surface area contributed by atoms with Crippen LogP contribution in [0.15, 0.2) is 41.4 Å². The minimum absolute atomic E-state index is 0.0416. The number of anilines is 2. The smallest absolute Gasteiger partial charge is 0.406 e. The van der Waals surface area contributed by atoms with Gasteiger partial charge in [0.25, 0.3) is 0 Å². The number of ether oxygens (including phenoxy) is 1. The van der Waals surface area contributed by atoms with Crippen LogP contribution in [0.25, 0.3) is 0 Å². The molecule has 1 aromatic heterocycles. The number of rotatable bonds is 7. The fraction of sp³-hybridized carbons (Fsp3) is 0.615. The van der Waals surface area contributed by atoms with Crippen molar-refractivity contribution < 1.29 is 26.3 Å². The molecule has 2 aromatic rings. The van der Waals surface area contributed by atoms with E-state index in [0.29, 0.717) is 19.0 Å². The van der Waals surface area contributed by atoms with Gasteiger partial charge >= 0.3 is 6.36 Å². The summed E-state index contributed by atoms with van der Waals surface area (Å²) < 4.78 is 69.1. The van der Waals surface area contributed by atoms with Crippen LogP contribution in [0.1, 0.15) is 44.9 Å². The van der Waals surface area contributed by atoms with E-state index in [1.165, 1.54) is 30.0 Å². The third-order valence-corrected chi connectivity index (χ3v) is 9.57. The van der Waals surface area contributed by atoms with E-state index in [-0.39, 0.29) is 17.0 Å². The number of nitrogens with one attached hydrogen (secondary N) is 1. The molecule has 0 aliphatic carbocycles. The number of piperidine rings is 1. The van der Waals surface area contributed by atoms with Gasteiger partial charge in [-0.15, -0.1) is 13.2 Å². The molecule has 2 atom stereocenters. The van der Waals surface area contributed by atoms with Crippen LogP contribution < -0.4 is 15.0 Å². The maximum Gasteiger partial charge on any atom is 0.573 e. The van der Waals surface area contributed by atoms with E-state index in [0.717, 1.165) is 75.5 Å². The minimum atomic E-state index is -4.83. The molecule has 3 saturated heterocycles. The number of likely N-dealkylation sites (tertiary alicyclic amines) is 1. The van der Waals surface area contributed by atoms with E-state index >= 15 is 0 Å². The van der Waals surface area contributed by atoms with Gasteiger partial charge in [0.05, 0.1) is 4.90 Å². The summed E-state index contributed by atoms with van der Waals surface area (Å²) in [5, 5.41) is 3.48. The summed E-state index contributed by atoms with van der Waals surface area (Å²) >= 11 is 0. The first kappa shape index (κ1) is 27.9. The second-order valence-electron chi connectivity index (χ2n) is 10.4. The van der Waals surface area contributed by atoms with Crippen LogP contribution in [0.2, 0.25) is 0 Å². The molecule has 13 heteroatoms. The molecule has 0 saturated carbocycles. The highest BCUT2D eigenvalue weighted by Gasteiger charge is 2.36. The Bertz CT molecular complexity index is 1210. The average Bonchev–Trinajstić information content (AvgIpc) is 3.20. The lowest BCUT2D eigenvalue weighted by atomic mass is 10.1. The topological polar surface area (TPSA) is 90.9 Å². The number of benzene rings is 1. The molecular weight excluding hydrogens is 533 g/mol. The summed E-state index contributed by atoms with van der Waals surface area (Å²) in [6.07, 6.45) is 4.35. The monoisotopic (exact) mass is 568 g/mol. The molecule has 3 fully saturated rings. The number of nitrogens with zero attached hydrogens (tertiary/aromatic N) is 5. The molecule has 0 amide bonds. The molecule has 3 aliphatic heterocycles. The fourth-order valence-electron chi connectivity index (χ4n) is 5.71. The maximum absolute atomic E-state index is 13.2. The van der Waals surface area contributed by atoms with Crippen molar-refractivity contribution in [3.63, 3.8) is 0 Å². The summed E-state index contributed by atoms with van der Waals surface area (Å²) in [5.74, 6) is 1.12. The van der Waals surface area contributed by atoms with E-state index in [1.807, 2.05) is 6.07 Å². The lowest BCUT2D eigenvalue weighted by Crippen LogP contribution is -2.49. The van der Waals surface area contributed by atoms with Crippen molar-refractivity contribution >= 4 is 21.8 Å². The Labute approximate surface area is 227 Å². The van der Waals surface area contributed by atoms with Gasteiger partial charge in [-0.1, -0.05) is 12.8 Å². The Morgan fingerprint density at radius 3 is 2.36 bits per heavy atom. The summed E-state index contributed by atoms with van der Waals surface area (Å²) in [6.45, 7) is 4.36. The Hall–Kier alpha value is -2.64. The Balaban J connectivity index is 1.17. The first-order chi connectivity index (χ1) is 18.7. The van der Waals surface area contributed by atoms with Gasteiger partial charge in [0, 0.05) is 57.5 Å². The molecule has 5 rings (SSSR count). The molecule has 1 aromatic carbocycles. The summed E-state index contributed by atoms with van der Waals surface area (Å²) in [6, 6.07) is 6.58. The molecule has 9 nitrogen and oxygen atoms in total. The van der Waals surface area contributed by atoms with Gasteiger partial charge in [-0.2, -0.15) is 9.29 Å². The van der Waals surface area contributed by atoms with Gasteiger partial charge < -0.3 is 15.0 Å². The second kappa shape index (κ2) is 11.8. The van der Waals surface area contributed by atoms with E-state index in [9.17, 15) is 21.6 Å². The van der Waals surface area contributed by atoms with Gasteiger partial charge in [-0.3, -0.25) is 4.90 Å². The maximum atomic E-state index is 13.2. The van der Waals surface area contributed by atoms with Gasteiger partial charge in [-0.05, 0) is 62.4 Å². The number of aromatic nitrogens is 2. The predicted octanol–water partition coefficient (Wildman–Crippen LogP) is 4.10. The van der Waals surface area contributed by atoms with Crippen molar-refractivity contribution in [2.45, 2.75) is 68.3 Å². The van der Waals surface area contributed by atoms with Gasteiger partial charge in [0.2, 0.25) is 16.0 Å². The van der Waals surface area contributed by atoms with Crippen molar-refractivity contribution in [1.29, 1.82) is 0 Å². The zero-order chi connectivity index (χ0) is 27.5. The molecule has 39 heavy (non-hydrogen) atoms. The normalized spacial score (nSPS) is 23.9. The first-order valence-electron chi connectivity index (χ1n) is 13.6. The summed E-state index contributed by atoms with van der Waals surface area (Å²) in [5.41, 5.74) is 0. The van der Waals surface area contributed by atoms with Gasteiger partial charge in [0.15, 0.2) is 0 Å². The van der Waals surface area contributed by atoms with Crippen LogP contribution >= 0.6 is 0 Å². The van der Waals surface area contributed by atoms with E-state index in [4.69, 9.17) is 4.98 Å². The molecule has 1 N–H and O–H groups in total. The van der Waals surface area contributed by atoms with Crippen molar-refractivity contribution in [1.82, 2.24) is 19.2 Å². The van der Waals surface area contributed by atoms with Gasteiger partial charge in [0.1, 0.15) is 11.6 Å². The molecule has 0 spiro atoms. The molecule has 3 aliphatic rings. The zero-order valence-electron chi connectivity index (χ0n) is 21.8. The molecule has 4 heterocycles. The van der Waals surface area contributed by atoms with Crippen LogP contribution in [0.4, 0.5) is 24.9 Å². The van der Waals surface area contributed by atoms with Crippen LogP contribution in [-0.4, -0.2) is 85.3 Å². The number of sulfonamides is 1. The predicted molar refractivity (Wildman–Crippen MR) is 141 cm³/mol. The Morgan fingerprint density at radius 1 is 0.897 bits per heavy atom. The lowest BCUT2D eigenvalue weighted by Gasteiger charge is -2.37. The largest absolute Gasteiger partial charge is 0.573 e. The van der Waals surface area contributed by atoms with E-state index in [1.54, 1.807) is 6.20 Å². The molecule has 0 bridgehead atoms. The standard InChI is InChI=1S/C26H35F3N6O3S/c27-26(28,29)38-22-7-9-23(10-8-22)39(36,37)35-16-5-6-21(19-35)34-17-12-20(18-34)31-25-30-13-11-24(32-25)33-14-3-1-2-4-15-33/h7-11,13,20-21H,1-6,12,14-19H2,(H,30,31,32). The van der Waals surface area contributed by atoms with Crippen molar-refractivity contribution in [2.75, 3.05) is 49.5 Å². The highest BCUT2D eigenvalue weighted by Crippen LogP contribution is 2.29. The SMILES string of the molecule is O=S(=O)(c1ccc(OC(F)(F)F)cc1)N1CCCC(N2CCC(Nc3nccc(N4CCCCCC4)n3)C2)C1. The van der Waals surface area contributed by atoms with Crippen molar-refractivity contribution in [2.24, 2.45) is 0 Å². The minimum Gasteiger partial charge on any atom is -0.406 e. The fourth-order valence-corrected chi connectivity index (χ4v) is 7.23. The van der Waals surface area contributed by atoms with Crippen LogP contribution in [0, 0.1) is 0 Å². The first-order valence-corrected chi connectivity index (χ1v) is 15.1. The second-order valence-corrected chi connectivity index (χ2v) is 12.4. The number of hydrogen-bond acceptors (Lipinski definition) is 8. The van der Waals surface area contributed by atoms with Crippen LogP contribution in [0.3, 0.4) is 0 Å². The van der Waals surface area contributed by atoms with Crippen molar-refractivity contribution in [3.05, 3.63) is 36.5 Å². The number of hydrogen-bond donors (Lipinski definition) is 1. The molecule has 2 unspecified atom stereocenters. The summed E-state index contributed by atoms with van der Waals surface area (Å²) in [4.78, 5) is 13.8. The molecule has 214 valence electrons.